The number of aryl methyl sites for hydroxylation is 3. The standard InChI is InChI=1S/C17H25N7OS.HI/c1-12-15(26-13(2)21-12)5-6-19-17(18-3)23-7-8-24(16(25)11-23)14-9-20-22(4)10-14;/h9-10H,5-8,11H2,1-4H3,(H,18,19);1H. The lowest BCUT2D eigenvalue weighted by atomic mass is 10.3. The van der Waals surface area contributed by atoms with Crippen LogP contribution in [0.2, 0.25) is 0 Å². The van der Waals surface area contributed by atoms with Gasteiger partial charge in [0.05, 0.1) is 22.6 Å². The zero-order valence-corrected chi connectivity index (χ0v) is 19.2. The lowest BCUT2D eigenvalue weighted by molar-refractivity contribution is -0.120. The van der Waals surface area contributed by atoms with Crippen LogP contribution in [-0.2, 0) is 18.3 Å². The van der Waals surface area contributed by atoms with Crippen LogP contribution in [-0.4, -0.2) is 64.8 Å². The SMILES string of the molecule is CN=C(NCCc1sc(C)nc1C)N1CCN(c2cnn(C)c2)C(=O)C1.I. The first kappa shape index (κ1) is 21.6. The van der Waals surface area contributed by atoms with Gasteiger partial charge in [-0.3, -0.25) is 14.5 Å². The Kier molecular flexibility index (Phi) is 7.59. The molecule has 0 aliphatic carbocycles. The number of halogens is 1. The fourth-order valence-corrected chi connectivity index (χ4v) is 4.04. The van der Waals surface area contributed by atoms with Gasteiger partial charge in [0.25, 0.3) is 0 Å². The van der Waals surface area contributed by atoms with Crippen molar-refractivity contribution in [2.45, 2.75) is 20.3 Å². The molecule has 0 saturated carbocycles. The molecule has 1 N–H and O–H groups in total. The predicted octanol–water partition coefficient (Wildman–Crippen LogP) is 1.58. The number of amides is 1. The summed E-state index contributed by atoms with van der Waals surface area (Å²) in [6.45, 7) is 6.52. The van der Waals surface area contributed by atoms with Gasteiger partial charge in [-0.1, -0.05) is 0 Å². The van der Waals surface area contributed by atoms with E-state index in [2.05, 4.69) is 20.4 Å². The molecule has 8 nitrogen and oxygen atoms in total. The summed E-state index contributed by atoms with van der Waals surface area (Å²) in [7, 11) is 3.60. The normalized spacial score (nSPS) is 15.1. The number of carbonyl (C=O) groups excluding carboxylic acids is 1. The van der Waals surface area contributed by atoms with E-state index in [0.717, 1.165) is 41.9 Å². The fourth-order valence-electron chi connectivity index (χ4n) is 3.10. The summed E-state index contributed by atoms with van der Waals surface area (Å²) in [4.78, 5) is 26.4. The summed E-state index contributed by atoms with van der Waals surface area (Å²) < 4.78 is 1.71. The van der Waals surface area contributed by atoms with Crippen LogP contribution in [0.1, 0.15) is 15.6 Å². The highest BCUT2D eigenvalue weighted by Gasteiger charge is 2.27. The summed E-state index contributed by atoms with van der Waals surface area (Å²) >= 11 is 1.74. The molecule has 148 valence electrons. The Morgan fingerprint density at radius 3 is 2.70 bits per heavy atom. The third-order valence-corrected chi connectivity index (χ3v) is 5.50. The summed E-state index contributed by atoms with van der Waals surface area (Å²) in [5.41, 5.74) is 1.95. The number of anilines is 1. The smallest absolute Gasteiger partial charge is 0.246 e. The van der Waals surface area contributed by atoms with Crippen LogP contribution in [0.5, 0.6) is 0 Å². The number of rotatable bonds is 4. The molecule has 1 aliphatic rings. The largest absolute Gasteiger partial charge is 0.356 e. The Bertz CT molecular complexity index is 816. The number of aromatic nitrogens is 3. The van der Waals surface area contributed by atoms with Crippen LogP contribution in [0.15, 0.2) is 17.4 Å². The van der Waals surface area contributed by atoms with Gasteiger partial charge in [0.2, 0.25) is 5.91 Å². The van der Waals surface area contributed by atoms with Crippen molar-refractivity contribution in [3.63, 3.8) is 0 Å². The molecule has 10 heteroatoms. The van der Waals surface area contributed by atoms with E-state index in [1.54, 1.807) is 34.2 Å². The van der Waals surface area contributed by atoms with Crippen molar-refractivity contribution in [3.8, 4) is 0 Å². The molecule has 27 heavy (non-hydrogen) atoms. The van der Waals surface area contributed by atoms with Crippen molar-refractivity contribution in [1.82, 2.24) is 25.0 Å². The van der Waals surface area contributed by atoms with Gasteiger partial charge in [0.1, 0.15) is 6.54 Å². The molecule has 1 saturated heterocycles. The first-order valence-electron chi connectivity index (χ1n) is 8.65. The highest BCUT2D eigenvalue weighted by atomic mass is 127. The summed E-state index contributed by atoms with van der Waals surface area (Å²) in [6, 6.07) is 0. The van der Waals surface area contributed by atoms with E-state index in [4.69, 9.17) is 0 Å². The van der Waals surface area contributed by atoms with E-state index in [9.17, 15) is 4.79 Å². The van der Waals surface area contributed by atoms with E-state index in [-0.39, 0.29) is 29.9 Å². The number of piperazine rings is 1. The van der Waals surface area contributed by atoms with Gasteiger partial charge in [-0.25, -0.2) is 4.98 Å². The minimum absolute atomic E-state index is 0. The molecule has 0 unspecified atom stereocenters. The summed E-state index contributed by atoms with van der Waals surface area (Å²) in [5.74, 6) is 0.823. The molecule has 0 spiro atoms. The van der Waals surface area contributed by atoms with E-state index in [1.165, 1.54) is 4.88 Å². The number of hydrogen-bond donors (Lipinski definition) is 1. The lowest BCUT2D eigenvalue weighted by Gasteiger charge is -2.35. The van der Waals surface area contributed by atoms with Crippen molar-refractivity contribution < 1.29 is 4.79 Å². The molecule has 3 rings (SSSR count). The first-order chi connectivity index (χ1) is 12.5. The lowest BCUT2D eigenvalue weighted by Crippen LogP contribution is -2.55. The van der Waals surface area contributed by atoms with E-state index in [1.807, 2.05) is 32.0 Å². The Labute approximate surface area is 180 Å². The van der Waals surface area contributed by atoms with Gasteiger partial charge in [-0.05, 0) is 13.8 Å². The minimum atomic E-state index is 0. The maximum Gasteiger partial charge on any atom is 0.246 e. The zero-order valence-electron chi connectivity index (χ0n) is 16.1. The van der Waals surface area contributed by atoms with Gasteiger partial charge in [-0.15, -0.1) is 35.3 Å². The maximum absolute atomic E-state index is 12.5. The Morgan fingerprint density at radius 2 is 2.15 bits per heavy atom. The molecular formula is C17H26IN7OS. The zero-order chi connectivity index (χ0) is 18.7. The van der Waals surface area contributed by atoms with Crippen LogP contribution in [0.3, 0.4) is 0 Å². The summed E-state index contributed by atoms with van der Waals surface area (Å²) in [6.07, 6.45) is 4.49. The number of guanidine groups is 1. The van der Waals surface area contributed by atoms with Crippen molar-refractivity contribution >= 4 is 52.9 Å². The van der Waals surface area contributed by atoms with E-state index in [0.29, 0.717) is 13.1 Å². The van der Waals surface area contributed by atoms with Crippen LogP contribution in [0.25, 0.3) is 0 Å². The molecular weight excluding hydrogens is 477 g/mol. The van der Waals surface area contributed by atoms with Gasteiger partial charge >= 0.3 is 0 Å². The second-order valence-corrected chi connectivity index (χ2v) is 7.59. The molecule has 1 aliphatic heterocycles. The van der Waals surface area contributed by atoms with Gasteiger partial charge in [0.15, 0.2) is 5.96 Å². The molecule has 2 aromatic rings. The molecule has 3 heterocycles. The van der Waals surface area contributed by atoms with Crippen molar-refractivity contribution in [2.75, 3.05) is 38.1 Å². The number of thiazole rings is 1. The van der Waals surface area contributed by atoms with Crippen LogP contribution in [0, 0.1) is 13.8 Å². The average molecular weight is 503 g/mol. The highest BCUT2D eigenvalue weighted by Crippen LogP contribution is 2.18. The first-order valence-corrected chi connectivity index (χ1v) is 9.47. The highest BCUT2D eigenvalue weighted by molar-refractivity contribution is 14.0. The van der Waals surface area contributed by atoms with Crippen LogP contribution < -0.4 is 10.2 Å². The Balaban J connectivity index is 0.00000261. The third kappa shape index (κ3) is 5.18. The van der Waals surface area contributed by atoms with Crippen molar-refractivity contribution in [3.05, 3.63) is 28.0 Å². The third-order valence-electron chi connectivity index (χ3n) is 4.37. The van der Waals surface area contributed by atoms with E-state index >= 15 is 0 Å². The monoisotopic (exact) mass is 503 g/mol. The Morgan fingerprint density at radius 1 is 1.37 bits per heavy atom. The quantitative estimate of drug-likeness (QED) is 0.390. The van der Waals surface area contributed by atoms with Crippen LogP contribution >= 0.6 is 35.3 Å². The number of carbonyl (C=O) groups is 1. The van der Waals surface area contributed by atoms with Crippen molar-refractivity contribution in [1.29, 1.82) is 0 Å². The molecule has 0 atom stereocenters. The molecule has 0 radical (unpaired) electrons. The fraction of sp³-hybridized carbons (Fsp3) is 0.529. The minimum Gasteiger partial charge on any atom is -0.356 e. The summed E-state index contributed by atoms with van der Waals surface area (Å²) in [5, 5.41) is 8.61. The predicted molar refractivity (Wildman–Crippen MR) is 119 cm³/mol. The number of nitrogens with one attached hydrogen (secondary N) is 1. The second kappa shape index (κ2) is 9.49. The van der Waals surface area contributed by atoms with Gasteiger partial charge < -0.3 is 15.1 Å². The second-order valence-electron chi connectivity index (χ2n) is 6.30. The van der Waals surface area contributed by atoms with Crippen molar-refractivity contribution in [2.24, 2.45) is 12.0 Å². The Hall–Kier alpha value is -1.69. The molecule has 0 bridgehead atoms. The number of nitrogens with zero attached hydrogens (tertiary/aromatic N) is 6. The molecule has 2 aromatic heterocycles. The number of hydrogen-bond acceptors (Lipinski definition) is 5. The van der Waals surface area contributed by atoms with Gasteiger partial charge in [-0.2, -0.15) is 5.10 Å². The molecule has 0 aromatic carbocycles. The van der Waals surface area contributed by atoms with E-state index < -0.39 is 0 Å². The maximum atomic E-state index is 12.5. The van der Waals surface area contributed by atoms with Gasteiger partial charge in [0, 0.05) is 51.2 Å². The van der Waals surface area contributed by atoms with Crippen LogP contribution in [0.4, 0.5) is 5.69 Å². The number of aliphatic imine (C=N–C) groups is 1. The molecule has 1 amide bonds. The topological polar surface area (TPSA) is 78.7 Å². The average Bonchev–Trinajstić information content (AvgIpc) is 3.16. The molecule has 1 fully saturated rings.